The standard InChI is InChI=1S/C14H13Cl2NO2S/c1-2-3-7-17-13(18)12(20-14(17)19)8-9-10(15)5-4-6-11(9)16/h4-6,8H,2-3,7H2,1H3/b12-8-. The summed E-state index contributed by atoms with van der Waals surface area (Å²) in [5, 5.41) is 0.675. The highest BCUT2D eigenvalue weighted by atomic mass is 35.5. The van der Waals surface area contributed by atoms with Gasteiger partial charge >= 0.3 is 0 Å². The van der Waals surface area contributed by atoms with Crippen LogP contribution in [0.1, 0.15) is 25.3 Å². The fourth-order valence-corrected chi connectivity index (χ4v) is 3.14. The second kappa shape index (κ2) is 6.66. The second-order valence-electron chi connectivity index (χ2n) is 4.32. The van der Waals surface area contributed by atoms with Gasteiger partial charge in [0.2, 0.25) is 0 Å². The smallest absolute Gasteiger partial charge is 0.268 e. The van der Waals surface area contributed by atoms with Crippen molar-refractivity contribution in [2.45, 2.75) is 19.8 Å². The number of halogens is 2. The average Bonchev–Trinajstić information content (AvgIpc) is 2.67. The van der Waals surface area contributed by atoms with Crippen molar-refractivity contribution in [2.75, 3.05) is 6.54 Å². The summed E-state index contributed by atoms with van der Waals surface area (Å²) in [5.41, 5.74) is 0.567. The minimum atomic E-state index is -0.274. The Kier molecular flexibility index (Phi) is 5.13. The SMILES string of the molecule is CCCCN1C(=O)S/C(=C\c2c(Cl)cccc2Cl)C1=O. The van der Waals surface area contributed by atoms with Gasteiger partial charge in [0.1, 0.15) is 0 Å². The summed E-state index contributed by atoms with van der Waals surface area (Å²) in [6, 6.07) is 5.12. The van der Waals surface area contributed by atoms with E-state index in [9.17, 15) is 9.59 Å². The number of imide groups is 1. The molecule has 1 aliphatic rings. The minimum Gasteiger partial charge on any atom is -0.268 e. The number of benzene rings is 1. The highest BCUT2D eigenvalue weighted by Gasteiger charge is 2.34. The molecule has 0 N–H and O–H groups in total. The molecule has 1 aromatic rings. The molecule has 0 radical (unpaired) electrons. The molecule has 0 spiro atoms. The highest BCUT2D eigenvalue weighted by molar-refractivity contribution is 8.18. The molecular formula is C14H13Cl2NO2S. The molecular weight excluding hydrogens is 317 g/mol. The zero-order valence-electron chi connectivity index (χ0n) is 10.9. The van der Waals surface area contributed by atoms with Crippen LogP contribution in [0.25, 0.3) is 6.08 Å². The van der Waals surface area contributed by atoms with Crippen LogP contribution in [-0.4, -0.2) is 22.6 Å². The fraction of sp³-hybridized carbons (Fsp3) is 0.286. The maximum absolute atomic E-state index is 12.2. The van der Waals surface area contributed by atoms with Gasteiger partial charge < -0.3 is 0 Å². The topological polar surface area (TPSA) is 37.4 Å². The lowest BCUT2D eigenvalue weighted by Crippen LogP contribution is -2.29. The first-order valence-electron chi connectivity index (χ1n) is 6.24. The van der Waals surface area contributed by atoms with E-state index in [1.807, 2.05) is 6.92 Å². The summed E-state index contributed by atoms with van der Waals surface area (Å²) in [5.74, 6) is -0.274. The second-order valence-corrected chi connectivity index (χ2v) is 6.13. The predicted octanol–water partition coefficient (Wildman–Crippen LogP) is 4.83. The molecule has 1 saturated heterocycles. The van der Waals surface area contributed by atoms with Crippen molar-refractivity contribution in [3.63, 3.8) is 0 Å². The number of carbonyl (C=O) groups is 2. The van der Waals surface area contributed by atoms with Crippen LogP contribution in [0.15, 0.2) is 23.1 Å². The number of carbonyl (C=O) groups excluding carboxylic acids is 2. The van der Waals surface area contributed by atoms with Gasteiger partial charge in [-0.1, -0.05) is 42.6 Å². The molecule has 6 heteroatoms. The largest absolute Gasteiger partial charge is 0.293 e. The third-order valence-corrected chi connectivity index (χ3v) is 4.45. The molecule has 0 aliphatic carbocycles. The van der Waals surface area contributed by atoms with E-state index in [2.05, 4.69) is 0 Å². The van der Waals surface area contributed by atoms with Gasteiger partial charge in [-0.25, -0.2) is 0 Å². The van der Waals surface area contributed by atoms with Gasteiger partial charge in [-0.15, -0.1) is 0 Å². The number of unbranched alkanes of at least 4 members (excludes halogenated alkanes) is 1. The van der Waals surface area contributed by atoms with Crippen molar-refractivity contribution in [1.82, 2.24) is 4.90 Å². The summed E-state index contributed by atoms with van der Waals surface area (Å²) in [6.07, 6.45) is 3.32. The molecule has 106 valence electrons. The summed E-state index contributed by atoms with van der Waals surface area (Å²) >= 11 is 13.1. The lowest BCUT2D eigenvalue weighted by Gasteiger charge is -2.10. The molecule has 0 aromatic heterocycles. The molecule has 1 aliphatic heterocycles. The first-order valence-corrected chi connectivity index (χ1v) is 7.81. The van der Waals surface area contributed by atoms with E-state index in [-0.39, 0.29) is 11.1 Å². The van der Waals surface area contributed by atoms with E-state index in [1.165, 1.54) is 4.90 Å². The molecule has 0 bridgehead atoms. The zero-order chi connectivity index (χ0) is 14.7. The molecule has 2 rings (SSSR count). The van der Waals surface area contributed by atoms with E-state index in [4.69, 9.17) is 23.2 Å². The summed E-state index contributed by atoms with van der Waals surface area (Å²) in [7, 11) is 0. The van der Waals surface area contributed by atoms with E-state index >= 15 is 0 Å². The van der Waals surface area contributed by atoms with Crippen molar-refractivity contribution in [3.8, 4) is 0 Å². The van der Waals surface area contributed by atoms with E-state index in [1.54, 1.807) is 24.3 Å². The van der Waals surface area contributed by atoms with Crippen LogP contribution < -0.4 is 0 Å². The molecule has 1 heterocycles. The van der Waals surface area contributed by atoms with Crippen LogP contribution in [0.3, 0.4) is 0 Å². The molecule has 0 saturated carbocycles. The molecule has 1 fully saturated rings. The van der Waals surface area contributed by atoms with E-state index in [0.717, 1.165) is 24.6 Å². The molecule has 1 aromatic carbocycles. The van der Waals surface area contributed by atoms with Crippen LogP contribution in [0.2, 0.25) is 10.0 Å². The summed E-state index contributed by atoms with van der Waals surface area (Å²) in [4.78, 5) is 25.6. The van der Waals surface area contributed by atoms with Gasteiger partial charge in [0.05, 0.1) is 4.91 Å². The average molecular weight is 330 g/mol. The molecule has 2 amide bonds. The Morgan fingerprint density at radius 1 is 1.25 bits per heavy atom. The maximum atomic E-state index is 12.2. The predicted molar refractivity (Wildman–Crippen MR) is 84.0 cm³/mol. The first kappa shape index (κ1) is 15.4. The van der Waals surface area contributed by atoms with Gasteiger partial charge in [0.25, 0.3) is 11.1 Å². The van der Waals surface area contributed by atoms with Gasteiger partial charge in [-0.3, -0.25) is 14.5 Å². The summed E-state index contributed by atoms with van der Waals surface area (Å²) in [6.45, 7) is 2.47. The third-order valence-electron chi connectivity index (χ3n) is 2.88. The van der Waals surface area contributed by atoms with Gasteiger partial charge in [0, 0.05) is 22.2 Å². The Morgan fingerprint density at radius 2 is 1.90 bits per heavy atom. The number of rotatable bonds is 4. The van der Waals surface area contributed by atoms with Crippen molar-refractivity contribution in [3.05, 3.63) is 38.7 Å². The number of hydrogen-bond donors (Lipinski definition) is 0. The quantitative estimate of drug-likeness (QED) is 0.742. The van der Waals surface area contributed by atoms with Crippen molar-refractivity contribution < 1.29 is 9.59 Å². The first-order chi connectivity index (χ1) is 9.54. The molecule has 0 atom stereocenters. The monoisotopic (exact) mass is 329 g/mol. The zero-order valence-corrected chi connectivity index (χ0v) is 13.2. The molecule has 0 unspecified atom stereocenters. The minimum absolute atomic E-state index is 0.238. The number of hydrogen-bond acceptors (Lipinski definition) is 3. The fourth-order valence-electron chi connectivity index (χ4n) is 1.79. The van der Waals surface area contributed by atoms with E-state index < -0.39 is 0 Å². The Balaban J connectivity index is 2.28. The number of nitrogens with zero attached hydrogens (tertiary/aromatic N) is 1. The lowest BCUT2D eigenvalue weighted by atomic mass is 10.2. The molecule has 20 heavy (non-hydrogen) atoms. The normalized spacial score (nSPS) is 17.4. The van der Waals surface area contributed by atoms with Gasteiger partial charge in [-0.2, -0.15) is 0 Å². The Bertz CT molecular complexity index is 566. The summed E-state index contributed by atoms with van der Waals surface area (Å²) < 4.78 is 0. The van der Waals surface area contributed by atoms with Crippen molar-refractivity contribution >= 4 is 52.2 Å². The van der Waals surface area contributed by atoms with Crippen LogP contribution in [0.5, 0.6) is 0 Å². The van der Waals surface area contributed by atoms with Gasteiger partial charge in [-0.05, 0) is 36.4 Å². The molecule has 3 nitrogen and oxygen atoms in total. The van der Waals surface area contributed by atoms with Crippen molar-refractivity contribution in [2.24, 2.45) is 0 Å². The Morgan fingerprint density at radius 3 is 2.50 bits per heavy atom. The van der Waals surface area contributed by atoms with Crippen molar-refractivity contribution in [1.29, 1.82) is 0 Å². The lowest BCUT2D eigenvalue weighted by molar-refractivity contribution is -0.122. The van der Waals surface area contributed by atoms with Crippen LogP contribution in [0.4, 0.5) is 4.79 Å². The number of amides is 2. The number of thioether (sulfide) groups is 1. The third kappa shape index (κ3) is 3.19. The van der Waals surface area contributed by atoms with Crippen LogP contribution >= 0.6 is 35.0 Å². The highest BCUT2D eigenvalue weighted by Crippen LogP contribution is 2.35. The van der Waals surface area contributed by atoms with E-state index in [0.29, 0.717) is 27.1 Å². The van der Waals surface area contributed by atoms with Crippen LogP contribution in [0, 0.1) is 0 Å². The Hall–Kier alpha value is -0.970. The van der Waals surface area contributed by atoms with Gasteiger partial charge in [0.15, 0.2) is 0 Å². The Labute approximate surface area is 131 Å². The van der Waals surface area contributed by atoms with Crippen LogP contribution in [-0.2, 0) is 4.79 Å². The maximum Gasteiger partial charge on any atom is 0.293 e.